The number of aryl methyl sites for hydroxylation is 1. The molecule has 0 aliphatic heterocycles. The van der Waals surface area contributed by atoms with Gasteiger partial charge in [0.2, 0.25) is 0 Å². The van der Waals surface area contributed by atoms with Crippen molar-refractivity contribution in [3.8, 4) is 0 Å². The van der Waals surface area contributed by atoms with E-state index in [4.69, 9.17) is 11.6 Å². The van der Waals surface area contributed by atoms with Gasteiger partial charge in [-0.2, -0.15) is 0 Å². The zero-order valence-electron chi connectivity index (χ0n) is 10.6. The first-order valence-corrected chi connectivity index (χ1v) is 6.37. The SMILES string of the molecule is Cc1ccc(F)c(C(Cl)Cc2c(F)cccc2F)c1F. The van der Waals surface area contributed by atoms with Crippen molar-refractivity contribution in [3.05, 3.63) is 70.3 Å². The summed E-state index contributed by atoms with van der Waals surface area (Å²) in [4.78, 5) is 0. The molecule has 1 atom stereocenters. The molecule has 0 amide bonds. The Morgan fingerprint density at radius 3 is 2.15 bits per heavy atom. The van der Waals surface area contributed by atoms with Crippen molar-refractivity contribution in [1.29, 1.82) is 0 Å². The number of benzene rings is 2. The average Bonchev–Trinajstić information content (AvgIpc) is 2.39. The third-order valence-electron chi connectivity index (χ3n) is 3.08. The Kier molecular flexibility index (Phi) is 4.33. The Bertz CT molecular complexity index is 620. The van der Waals surface area contributed by atoms with Crippen LogP contribution in [0.15, 0.2) is 30.3 Å². The second-order valence-corrected chi connectivity index (χ2v) is 4.99. The minimum Gasteiger partial charge on any atom is -0.207 e. The van der Waals surface area contributed by atoms with Gasteiger partial charge in [0.25, 0.3) is 0 Å². The third kappa shape index (κ3) is 2.80. The number of rotatable bonds is 3. The van der Waals surface area contributed by atoms with Gasteiger partial charge >= 0.3 is 0 Å². The van der Waals surface area contributed by atoms with Gasteiger partial charge in [0.05, 0.1) is 5.38 Å². The fourth-order valence-electron chi connectivity index (χ4n) is 1.97. The lowest BCUT2D eigenvalue weighted by molar-refractivity contribution is 0.528. The van der Waals surface area contributed by atoms with Crippen molar-refractivity contribution in [2.45, 2.75) is 18.7 Å². The fourth-order valence-corrected chi connectivity index (χ4v) is 2.33. The van der Waals surface area contributed by atoms with Crippen molar-refractivity contribution in [1.82, 2.24) is 0 Å². The van der Waals surface area contributed by atoms with Gasteiger partial charge in [-0.25, -0.2) is 17.6 Å². The number of halogens is 5. The van der Waals surface area contributed by atoms with E-state index < -0.39 is 28.6 Å². The third-order valence-corrected chi connectivity index (χ3v) is 3.45. The van der Waals surface area contributed by atoms with Gasteiger partial charge in [0.1, 0.15) is 23.3 Å². The molecule has 0 aliphatic carbocycles. The van der Waals surface area contributed by atoms with Crippen LogP contribution in [0.3, 0.4) is 0 Å². The Balaban J connectivity index is 2.38. The summed E-state index contributed by atoms with van der Waals surface area (Å²) in [5.74, 6) is -3.19. The predicted molar refractivity (Wildman–Crippen MR) is 69.8 cm³/mol. The topological polar surface area (TPSA) is 0 Å². The van der Waals surface area contributed by atoms with Crippen LogP contribution in [0.5, 0.6) is 0 Å². The molecule has 0 radical (unpaired) electrons. The second kappa shape index (κ2) is 5.83. The summed E-state index contributed by atoms with van der Waals surface area (Å²) < 4.78 is 54.6. The van der Waals surface area contributed by atoms with E-state index in [9.17, 15) is 17.6 Å². The molecule has 0 N–H and O–H groups in total. The van der Waals surface area contributed by atoms with Crippen molar-refractivity contribution in [3.63, 3.8) is 0 Å². The van der Waals surface area contributed by atoms with E-state index in [2.05, 4.69) is 0 Å². The molecule has 2 aromatic carbocycles. The maximum absolute atomic E-state index is 13.9. The first-order valence-electron chi connectivity index (χ1n) is 5.93. The van der Waals surface area contributed by atoms with Crippen molar-refractivity contribution in [2.24, 2.45) is 0 Å². The molecule has 20 heavy (non-hydrogen) atoms. The molecular weight excluding hydrogens is 292 g/mol. The molecular formula is C15H11ClF4. The molecule has 0 bridgehead atoms. The van der Waals surface area contributed by atoms with Crippen LogP contribution in [0, 0.1) is 30.2 Å². The first-order chi connectivity index (χ1) is 9.41. The van der Waals surface area contributed by atoms with Crippen molar-refractivity contribution < 1.29 is 17.6 Å². The Labute approximate surface area is 119 Å². The summed E-state index contributed by atoms with van der Waals surface area (Å²) in [6, 6.07) is 5.73. The van der Waals surface area contributed by atoms with Gasteiger partial charge in [0.15, 0.2) is 0 Å². The van der Waals surface area contributed by atoms with Crippen LogP contribution < -0.4 is 0 Å². The van der Waals surface area contributed by atoms with E-state index in [1.54, 1.807) is 0 Å². The van der Waals surface area contributed by atoms with Crippen LogP contribution in [0.4, 0.5) is 17.6 Å². The smallest absolute Gasteiger partial charge is 0.133 e. The van der Waals surface area contributed by atoms with Gasteiger partial charge < -0.3 is 0 Å². The largest absolute Gasteiger partial charge is 0.207 e. The molecule has 5 heteroatoms. The Morgan fingerprint density at radius 1 is 0.950 bits per heavy atom. The zero-order chi connectivity index (χ0) is 14.9. The standard InChI is InChI=1S/C15H11ClF4/c1-8-5-6-13(19)14(15(8)20)10(16)7-9-11(17)3-2-4-12(9)18/h2-6,10H,7H2,1H3. The minimum atomic E-state index is -1.19. The van der Waals surface area contributed by atoms with Crippen LogP contribution in [0.25, 0.3) is 0 Å². The Hall–Kier alpha value is -1.55. The number of hydrogen-bond donors (Lipinski definition) is 0. The van der Waals surface area contributed by atoms with Crippen LogP contribution >= 0.6 is 11.6 Å². The summed E-state index contributed by atoms with van der Waals surface area (Å²) in [6.45, 7) is 1.46. The molecule has 1 unspecified atom stereocenters. The predicted octanol–water partition coefficient (Wildman–Crippen LogP) is 5.07. The van der Waals surface area contributed by atoms with Crippen molar-refractivity contribution >= 4 is 11.6 Å². The van der Waals surface area contributed by atoms with E-state index in [-0.39, 0.29) is 23.1 Å². The fraction of sp³-hybridized carbons (Fsp3) is 0.200. The highest BCUT2D eigenvalue weighted by atomic mass is 35.5. The van der Waals surface area contributed by atoms with Crippen LogP contribution in [-0.2, 0) is 6.42 Å². The lowest BCUT2D eigenvalue weighted by Gasteiger charge is -2.14. The molecule has 0 aromatic heterocycles. The number of alkyl halides is 1. The molecule has 0 heterocycles. The van der Waals surface area contributed by atoms with Gasteiger partial charge in [-0.1, -0.05) is 12.1 Å². The minimum absolute atomic E-state index is 0.223. The average molecular weight is 303 g/mol. The van der Waals surface area contributed by atoms with E-state index in [0.29, 0.717) is 0 Å². The lowest BCUT2D eigenvalue weighted by atomic mass is 10.0. The molecule has 0 spiro atoms. The van der Waals surface area contributed by atoms with Gasteiger partial charge in [0, 0.05) is 11.1 Å². The molecule has 2 rings (SSSR count). The number of hydrogen-bond acceptors (Lipinski definition) is 0. The molecule has 0 nitrogen and oxygen atoms in total. The zero-order valence-corrected chi connectivity index (χ0v) is 11.3. The summed E-state index contributed by atoms with van der Waals surface area (Å²) >= 11 is 5.95. The van der Waals surface area contributed by atoms with Crippen LogP contribution in [-0.4, -0.2) is 0 Å². The summed E-state index contributed by atoms with van der Waals surface area (Å²) in [6.07, 6.45) is -0.336. The lowest BCUT2D eigenvalue weighted by Crippen LogP contribution is -2.06. The molecule has 0 saturated heterocycles. The van der Waals surface area contributed by atoms with Gasteiger partial charge in [-0.05, 0) is 37.1 Å². The van der Waals surface area contributed by atoms with Crippen molar-refractivity contribution in [2.75, 3.05) is 0 Å². The maximum Gasteiger partial charge on any atom is 0.133 e. The maximum atomic E-state index is 13.9. The summed E-state index contributed by atoms with van der Waals surface area (Å²) in [7, 11) is 0. The molecule has 2 aromatic rings. The van der Waals surface area contributed by atoms with Crippen LogP contribution in [0.1, 0.15) is 22.1 Å². The highest BCUT2D eigenvalue weighted by Gasteiger charge is 2.22. The molecule has 0 saturated carbocycles. The van der Waals surface area contributed by atoms with Gasteiger partial charge in [-0.15, -0.1) is 11.6 Å². The molecule has 0 aliphatic rings. The quantitative estimate of drug-likeness (QED) is 0.548. The van der Waals surface area contributed by atoms with Crippen LogP contribution in [0.2, 0.25) is 0 Å². The van der Waals surface area contributed by atoms with E-state index in [1.165, 1.54) is 19.1 Å². The Morgan fingerprint density at radius 2 is 1.55 bits per heavy atom. The monoisotopic (exact) mass is 302 g/mol. The summed E-state index contributed by atoms with van der Waals surface area (Å²) in [5, 5.41) is -1.19. The normalized spacial score (nSPS) is 12.5. The van der Waals surface area contributed by atoms with E-state index in [1.807, 2.05) is 0 Å². The van der Waals surface area contributed by atoms with E-state index >= 15 is 0 Å². The molecule has 0 fully saturated rings. The first kappa shape index (κ1) is 14.9. The second-order valence-electron chi connectivity index (χ2n) is 4.46. The highest BCUT2D eigenvalue weighted by molar-refractivity contribution is 6.21. The molecule has 106 valence electrons. The van der Waals surface area contributed by atoms with E-state index in [0.717, 1.165) is 18.2 Å². The summed E-state index contributed by atoms with van der Waals surface area (Å²) in [5.41, 5.74) is -0.428. The highest BCUT2D eigenvalue weighted by Crippen LogP contribution is 2.32. The van der Waals surface area contributed by atoms with Gasteiger partial charge in [-0.3, -0.25) is 0 Å².